The first kappa shape index (κ1) is 17.7. The predicted molar refractivity (Wildman–Crippen MR) is 94.3 cm³/mol. The minimum Gasteiger partial charge on any atom is -0.478 e. The first-order valence-corrected chi connectivity index (χ1v) is 8.02. The molecule has 1 unspecified atom stereocenters. The van der Waals surface area contributed by atoms with E-state index in [4.69, 9.17) is 5.11 Å². The Balaban J connectivity index is 1.90. The lowest BCUT2D eigenvalue weighted by molar-refractivity contribution is -0.121. The van der Waals surface area contributed by atoms with E-state index in [1.165, 1.54) is 28.8 Å². The van der Waals surface area contributed by atoms with Gasteiger partial charge < -0.3 is 10.4 Å². The maximum Gasteiger partial charge on any atom is 0.335 e. The molecule has 24 heavy (non-hydrogen) atoms. The van der Waals surface area contributed by atoms with Crippen LogP contribution in [0.3, 0.4) is 0 Å². The van der Waals surface area contributed by atoms with Crippen LogP contribution in [0.1, 0.15) is 39.5 Å². The number of hydrogen-bond acceptors (Lipinski definition) is 2. The molecule has 1 amide bonds. The summed E-state index contributed by atoms with van der Waals surface area (Å²) >= 11 is 0. The smallest absolute Gasteiger partial charge is 0.335 e. The Morgan fingerprint density at radius 2 is 1.58 bits per heavy atom. The van der Waals surface area contributed by atoms with Gasteiger partial charge in [-0.15, -0.1) is 0 Å². The van der Waals surface area contributed by atoms with Gasteiger partial charge in [0, 0.05) is 6.04 Å². The molecule has 2 N–H and O–H groups in total. The third-order valence-electron chi connectivity index (χ3n) is 3.80. The summed E-state index contributed by atoms with van der Waals surface area (Å²) in [6.07, 6.45) is 1.03. The van der Waals surface area contributed by atoms with Crippen molar-refractivity contribution in [3.8, 4) is 0 Å². The molecule has 0 aliphatic carbocycles. The third kappa shape index (κ3) is 5.23. The van der Waals surface area contributed by atoms with Gasteiger partial charge >= 0.3 is 5.97 Å². The summed E-state index contributed by atoms with van der Waals surface area (Å²) in [6.45, 7) is 6.13. The van der Waals surface area contributed by atoms with Crippen molar-refractivity contribution in [1.29, 1.82) is 0 Å². The van der Waals surface area contributed by atoms with Crippen molar-refractivity contribution in [3.05, 3.63) is 70.3 Å². The molecular weight excluding hydrogens is 302 g/mol. The Bertz CT molecular complexity index is 715. The Hall–Kier alpha value is -2.62. The van der Waals surface area contributed by atoms with Crippen LogP contribution >= 0.6 is 0 Å². The number of aryl methyl sites for hydroxylation is 2. The summed E-state index contributed by atoms with van der Waals surface area (Å²) in [7, 11) is 0. The van der Waals surface area contributed by atoms with Gasteiger partial charge in [0.1, 0.15) is 0 Å². The van der Waals surface area contributed by atoms with E-state index in [2.05, 4.69) is 37.4 Å². The van der Waals surface area contributed by atoms with Crippen LogP contribution in [0, 0.1) is 13.8 Å². The quantitative estimate of drug-likeness (QED) is 0.856. The fourth-order valence-corrected chi connectivity index (χ4v) is 2.87. The zero-order valence-electron chi connectivity index (χ0n) is 14.3. The Morgan fingerprint density at radius 3 is 2.12 bits per heavy atom. The molecule has 0 aliphatic heterocycles. The van der Waals surface area contributed by atoms with Gasteiger partial charge in [0.25, 0.3) is 0 Å². The highest BCUT2D eigenvalue weighted by molar-refractivity contribution is 5.87. The SMILES string of the molecule is Cc1cc(C)cc(CC(C)NC(=O)Cc2ccc(C(=O)O)cc2)c1. The Morgan fingerprint density at radius 1 is 1.00 bits per heavy atom. The highest BCUT2D eigenvalue weighted by Gasteiger charge is 2.10. The van der Waals surface area contributed by atoms with E-state index in [0.29, 0.717) is 0 Å². The van der Waals surface area contributed by atoms with E-state index in [9.17, 15) is 9.59 Å². The molecule has 4 heteroatoms. The molecule has 0 fully saturated rings. The average Bonchev–Trinajstić information content (AvgIpc) is 2.46. The minimum atomic E-state index is -0.965. The van der Waals surface area contributed by atoms with Gasteiger partial charge in [-0.1, -0.05) is 41.5 Å². The normalized spacial score (nSPS) is 11.8. The van der Waals surface area contributed by atoms with Gasteiger partial charge in [-0.05, 0) is 50.5 Å². The van der Waals surface area contributed by atoms with Crippen molar-refractivity contribution in [2.75, 3.05) is 0 Å². The number of carbonyl (C=O) groups excluding carboxylic acids is 1. The van der Waals surface area contributed by atoms with Gasteiger partial charge in [0.05, 0.1) is 12.0 Å². The first-order valence-electron chi connectivity index (χ1n) is 8.02. The number of hydrogen-bond donors (Lipinski definition) is 2. The molecule has 0 aromatic heterocycles. The lowest BCUT2D eigenvalue weighted by atomic mass is 10.0. The lowest BCUT2D eigenvalue weighted by Crippen LogP contribution is -2.35. The van der Waals surface area contributed by atoms with Crippen LogP contribution < -0.4 is 5.32 Å². The predicted octanol–water partition coefficient (Wildman–Crippen LogP) is 3.29. The number of carbonyl (C=O) groups is 2. The molecule has 126 valence electrons. The van der Waals surface area contributed by atoms with Crippen LogP contribution in [0.2, 0.25) is 0 Å². The van der Waals surface area contributed by atoms with Crippen LogP contribution in [0.15, 0.2) is 42.5 Å². The molecule has 0 radical (unpaired) electrons. The summed E-state index contributed by atoms with van der Waals surface area (Å²) in [6, 6.07) is 12.8. The zero-order chi connectivity index (χ0) is 17.7. The van der Waals surface area contributed by atoms with Gasteiger partial charge in [0.15, 0.2) is 0 Å². The van der Waals surface area contributed by atoms with Crippen molar-refractivity contribution in [1.82, 2.24) is 5.32 Å². The number of carboxylic acids is 1. The lowest BCUT2D eigenvalue weighted by Gasteiger charge is -2.15. The van der Waals surface area contributed by atoms with Crippen molar-refractivity contribution < 1.29 is 14.7 Å². The largest absolute Gasteiger partial charge is 0.478 e. The molecule has 0 saturated carbocycles. The van der Waals surface area contributed by atoms with E-state index in [0.717, 1.165) is 12.0 Å². The van der Waals surface area contributed by atoms with Gasteiger partial charge in [-0.3, -0.25) is 4.79 Å². The minimum absolute atomic E-state index is 0.0389. The van der Waals surface area contributed by atoms with Crippen molar-refractivity contribution in [2.45, 2.75) is 39.7 Å². The highest BCUT2D eigenvalue weighted by Crippen LogP contribution is 2.11. The van der Waals surface area contributed by atoms with Gasteiger partial charge in [0.2, 0.25) is 5.91 Å². The van der Waals surface area contributed by atoms with Gasteiger partial charge in [-0.2, -0.15) is 0 Å². The molecule has 0 heterocycles. The van der Waals surface area contributed by atoms with Crippen LogP contribution in [0.25, 0.3) is 0 Å². The second-order valence-corrected chi connectivity index (χ2v) is 6.35. The number of carboxylic acid groups (broad SMARTS) is 1. The van der Waals surface area contributed by atoms with E-state index in [1.807, 2.05) is 6.92 Å². The topological polar surface area (TPSA) is 66.4 Å². The fraction of sp³-hybridized carbons (Fsp3) is 0.300. The summed E-state index contributed by atoms with van der Waals surface area (Å²) in [5.74, 6) is -1.02. The standard InChI is InChI=1S/C20H23NO3/c1-13-8-14(2)10-17(9-13)11-15(3)21-19(22)12-16-4-6-18(7-5-16)20(23)24/h4-10,15H,11-12H2,1-3H3,(H,21,22)(H,23,24). The number of rotatable bonds is 6. The molecule has 0 spiro atoms. The van der Waals surface area contributed by atoms with E-state index in [1.54, 1.807) is 12.1 Å². The second-order valence-electron chi connectivity index (χ2n) is 6.35. The zero-order valence-corrected chi connectivity index (χ0v) is 14.3. The van der Waals surface area contributed by atoms with Crippen molar-refractivity contribution in [2.24, 2.45) is 0 Å². The fourth-order valence-electron chi connectivity index (χ4n) is 2.87. The second kappa shape index (κ2) is 7.77. The van der Waals surface area contributed by atoms with Crippen LogP contribution in [0.5, 0.6) is 0 Å². The number of nitrogens with one attached hydrogen (secondary N) is 1. The number of amides is 1. The average molecular weight is 325 g/mol. The van der Waals surface area contributed by atoms with Crippen molar-refractivity contribution >= 4 is 11.9 Å². The Labute approximate surface area is 142 Å². The monoisotopic (exact) mass is 325 g/mol. The summed E-state index contributed by atoms with van der Waals surface area (Å²) < 4.78 is 0. The van der Waals surface area contributed by atoms with Crippen molar-refractivity contribution in [3.63, 3.8) is 0 Å². The molecular formula is C20H23NO3. The maximum atomic E-state index is 12.1. The number of benzene rings is 2. The van der Waals surface area contributed by atoms with E-state index < -0.39 is 5.97 Å². The highest BCUT2D eigenvalue weighted by atomic mass is 16.4. The molecule has 2 aromatic rings. The molecule has 0 bridgehead atoms. The maximum absolute atomic E-state index is 12.1. The van der Waals surface area contributed by atoms with Crippen LogP contribution in [-0.4, -0.2) is 23.0 Å². The summed E-state index contributed by atoms with van der Waals surface area (Å²) in [5.41, 5.74) is 4.69. The summed E-state index contributed by atoms with van der Waals surface area (Å²) in [5, 5.41) is 11.9. The molecule has 0 aliphatic rings. The molecule has 2 aromatic carbocycles. The molecule has 2 rings (SSSR count). The van der Waals surface area contributed by atoms with Crippen LogP contribution in [-0.2, 0) is 17.6 Å². The summed E-state index contributed by atoms with van der Waals surface area (Å²) in [4.78, 5) is 23.0. The molecule has 0 saturated heterocycles. The molecule has 4 nitrogen and oxygen atoms in total. The first-order chi connectivity index (χ1) is 11.3. The number of aromatic carboxylic acids is 1. The van der Waals surface area contributed by atoms with Gasteiger partial charge in [-0.25, -0.2) is 4.79 Å². The molecule has 1 atom stereocenters. The van der Waals surface area contributed by atoms with E-state index >= 15 is 0 Å². The van der Waals surface area contributed by atoms with E-state index in [-0.39, 0.29) is 23.9 Å². The van der Waals surface area contributed by atoms with Crippen LogP contribution in [0.4, 0.5) is 0 Å². The Kier molecular flexibility index (Phi) is 5.74. The third-order valence-corrected chi connectivity index (χ3v) is 3.80.